The second-order valence-corrected chi connectivity index (χ2v) is 4.47. The van der Waals surface area contributed by atoms with Crippen molar-refractivity contribution in [3.8, 4) is 11.5 Å². The van der Waals surface area contributed by atoms with Gasteiger partial charge in [-0.1, -0.05) is 6.07 Å². The van der Waals surface area contributed by atoms with E-state index >= 15 is 0 Å². The largest absolute Gasteiger partial charge is 0.497 e. The van der Waals surface area contributed by atoms with Crippen LogP contribution in [0.15, 0.2) is 41.5 Å². The van der Waals surface area contributed by atoms with Crippen LogP contribution in [0.1, 0.15) is 15.9 Å². The molecule has 0 bridgehead atoms. The number of carbonyl (C=O) groups is 1. The number of halogens is 2. The lowest BCUT2D eigenvalue weighted by atomic mass is 10.2. The van der Waals surface area contributed by atoms with Crippen molar-refractivity contribution in [1.29, 1.82) is 0 Å². The third-order valence-electron chi connectivity index (χ3n) is 2.94. The molecule has 5 nitrogen and oxygen atoms in total. The molecule has 0 fully saturated rings. The van der Waals surface area contributed by atoms with Gasteiger partial charge in [-0.05, 0) is 29.8 Å². The van der Waals surface area contributed by atoms with Gasteiger partial charge < -0.3 is 9.47 Å². The molecule has 2 aromatic rings. The smallest absolute Gasteiger partial charge is 0.271 e. The molecule has 0 radical (unpaired) electrons. The van der Waals surface area contributed by atoms with Crippen LogP contribution < -0.4 is 14.9 Å². The molecule has 0 aliphatic carbocycles. The summed E-state index contributed by atoms with van der Waals surface area (Å²) in [5.41, 5.74) is 2.88. The maximum atomic E-state index is 13.0. The number of nitrogens with zero attached hydrogens (tertiary/aromatic N) is 1. The minimum Gasteiger partial charge on any atom is -0.497 e. The fourth-order valence-corrected chi connectivity index (χ4v) is 1.76. The SMILES string of the molecule is COc1cc(OC)cc(C(=O)N/N=C\c2ccc(F)c(F)c2)c1. The molecule has 1 amide bonds. The van der Waals surface area contributed by atoms with Crippen LogP contribution in [-0.2, 0) is 0 Å². The second-order valence-electron chi connectivity index (χ2n) is 4.47. The molecule has 7 heteroatoms. The van der Waals surface area contributed by atoms with Crippen molar-refractivity contribution in [3.05, 3.63) is 59.2 Å². The van der Waals surface area contributed by atoms with Gasteiger partial charge in [0.25, 0.3) is 5.91 Å². The third kappa shape index (κ3) is 4.26. The lowest BCUT2D eigenvalue weighted by Crippen LogP contribution is -2.17. The summed E-state index contributed by atoms with van der Waals surface area (Å²) in [5.74, 6) is -1.52. The van der Waals surface area contributed by atoms with Crippen LogP contribution in [0.2, 0.25) is 0 Å². The number of ether oxygens (including phenoxy) is 2. The van der Waals surface area contributed by atoms with Crippen LogP contribution in [0.5, 0.6) is 11.5 Å². The Bertz CT molecular complexity index is 726. The molecule has 0 unspecified atom stereocenters. The highest BCUT2D eigenvalue weighted by Crippen LogP contribution is 2.22. The van der Waals surface area contributed by atoms with Gasteiger partial charge in [-0.2, -0.15) is 5.10 Å². The summed E-state index contributed by atoms with van der Waals surface area (Å²) >= 11 is 0. The molecule has 120 valence electrons. The maximum Gasteiger partial charge on any atom is 0.271 e. The van der Waals surface area contributed by atoms with Crippen molar-refractivity contribution in [2.45, 2.75) is 0 Å². The first-order chi connectivity index (χ1) is 11.0. The van der Waals surface area contributed by atoms with Crippen molar-refractivity contribution in [2.75, 3.05) is 14.2 Å². The zero-order valence-electron chi connectivity index (χ0n) is 12.5. The van der Waals surface area contributed by atoms with Gasteiger partial charge >= 0.3 is 0 Å². The van der Waals surface area contributed by atoms with Crippen molar-refractivity contribution < 1.29 is 23.0 Å². The first-order valence-electron chi connectivity index (χ1n) is 6.55. The number of benzene rings is 2. The highest BCUT2D eigenvalue weighted by atomic mass is 19.2. The molecule has 0 aromatic heterocycles. The summed E-state index contributed by atoms with van der Waals surface area (Å²) in [6, 6.07) is 7.95. The number of hydrogen-bond acceptors (Lipinski definition) is 4. The first-order valence-corrected chi connectivity index (χ1v) is 6.55. The third-order valence-corrected chi connectivity index (χ3v) is 2.94. The highest BCUT2D eigenvalue weighted by molar-refractivity contribution is 5.95. The van der Waals surface area contributed by atoms with E-state index in [2.05, 4.69) is 10.5 Å². The zero-order valence-corrected chi connectivity index (χ0v) is 12.5. The minimum absolute atomic E-state index is 0.281. The summed E-state index contributed by atoms with van der Waals surface area (Å²) in [7, 11) is 2.94. The van der Waals surface area contributed by atoms with E-state index in [0.717, 1.165) is 12.1 Å². The molecule has 0 aliphatic heterocycles. The quantitative estimate of drug-likeness (QED) is 0.681. The van der Waals surface area contributed by atoms with E-state index in [9.17, 15) is 13.6 Å². The lowest BCUT2D eigenvalue weighted by Gasteiger charge is -2.07. The molecule has 0 spiro atoms. The number of amides is 1. The zero-order chi connectivity index (χ0) is 16.8. The number of rotatable bonds is 5. The van der Waals surface area contributed by atoms with Crippen molar-refractivity contribution >= 4 is 12.1 Å². The molecule has 0 saturated heterocycles. The van der Waals surface area contributed by atoms with Gasteiger partial charge in [-0.15, -0.1) is 0 Å². The Balaban J connectivity index is 2.09. The van der Waals surface area contributed by atoms with Gasteiger partial charge in [0, 0.05) is 11.6 Å². The summed E-state index contributed by atoms with van der Waals surface area (Å²) in [4.78, 5) is 12.0. The molecule has 0 saturated carbocycles. The van der Waals surface area contributed by atoms with Crippen molar-refractivity contribution in [3.63, 3.8) is 0 Å². The van der Waals surface area contributed by atoms with Gasteiger partial charge in [-0.25, -0.2) is 14.2 Å². The Morgan fingerprint density at radius 1 is 1.04 bits per heavy atom. The molecule has 0 heterocycles. The topological polar surface area (TPSA) is 59.9 Å². The molecular weight excluding hydrogens is 306 g/mol. The summed E-state index contributed by atoms with van der Waals surface area (Å²) in [6.45, 7) is 0. The van der Waals surface area contributed by atoms with Crippen LogP contribution in [0.25, 0.3) is 0 Å². The van der Waals surface area contributed by atoms with E-state index in [4.69, 9.17) is 9.47 Å². The highest BCUT2D eigenvalue weighted by Gasteiger charge is 2.09. The number of hydrazone groups is 1. The normalized spacial score (nSPS) is 10.6. The van der Waals surface area contributed by atoms with Crippen LogP contribution >= 0.6 is 0 Å². The predicted octanol–water partition coefficient (Wildman–Crippen LogP) is 2.75. The average molecular weight is 320 g/mol. The monoisotopic (exact) mass is 320 g/mol. The Kier molecular flexibility index (Phi) is 5.24. The average Bonchev–Trinajstić information content (AvgIpc) is 2.57. The minimum atomic E-state index is -0.988. The summed E-state index contributed by atoms with van der Waals surface area (Å²) in [6.07, 6.45) is 1.21. The van der Waals surface area contributed by atoms with E-state index in [1.54, 1.807) is 6.07 Å². The standard InChI is InChI=1S/C16H14F2N2O3/c1-22-12-6-11(7-13(8-12)23-2)16(21)20-19-9-10-3-4-14(17)15(18)5-10/h3-9H,1-2H3,(H,20,21)/b19-9-. The van der Waals surface area contributed by atoms with Gasteiger partial charge in [0.2, 0.25) is 0 Å². The number of nitrogens with one attached hydrogen (secondary N) is 1. The second kappa shape index (κ2) is 7.35. The molecule has 2 aromatic carbocycles. The van der Waals surface area contributed by atoms with Gasteiger partial charge in [0.05, 0.1) is 20.4 Å². The first kappa shape index (κ1) is 16.4. The Hall–Kier alpha value is -2.96. The Labute approximate surface area is 131 Å². The fourth-order valence-electron chi connectivity index (χ4n) is 1.76. The molecule has 2 rings (SSSR count). The van der Waals surface area contributed by atoms with Crippen LogP contribution in [0, 0.1) is 11.6 Å². The van der Waals surface area contributed by atoms with E-state index in [0.29, 0.717) is 17.1 Å². The molecule has 1 N–H and O–H groups in total. The van der Waals surface area contributed by atoms with Crippen LogP contribution in [-0.4, -0.2) is 26.3 Å². The summed E-state index contributed by atoms with van der Waals surface area (Å²) in [5, 5.41) is 3.70. The van der Waals surface area contributed by atoms with E-state index < -0.39 is 17.5 Å². The molecule has 0 aliphatic rings. The summed E-state index contributed by atoms with van der Waals surface area (Å²) < 4.78 is 36.0. The fraction of sp³-hybridized carbons (Fsp3) is 0.125. The molecular formula is C16H14F2N2O3. The lowest BCUT2D eigenvalue weighted by molar-refractivity contribution is 0.0954. The van der Waals surface area contributed by atoms with Crippen LogP contribution in [0.3, 0.4) is 0 Å². The van der Waals surface area contributed by atoms with Crippen molar-refractivity contribution in [1.82, 2.24) is 5.43 Å². The number of methoxy groups -OCH3 is 2. The van der Waals surface area contributed by atoms with Crippen molar-refractivity contribution in [2.24, 2.45) is 5.10 Å². The maximum absolute atomic E-state index is 13.0. The molecule has 23 heavy (non-hydrogen) atoms. The Morgan fingerprint density at radius 2 is 1.70 bits per heavy atom. The van der Waals surface area contributed by atoms with Gasteiger partial charge in [-0.3, -0.25) is 4.79 Å². The predicted molar refractivity (Wildman–Crippen MR) is 81.0 cm³/mol. The van der Waals surface area contributed by atoms with E-state index in [-0.39, 0.29) is 5.56 Å². The van der Waals surface area contributed by atoms with E-state index in [1.165, 1.54) is 38.6 Å². The number of carbonyl (C=O) groups excluding carboxylic acids is 1. The Morgan fingerprint density at radius 3 is 2.26 bits per heavy atom. The van der Waals surface area contributed by atoms with E-state index in [1.807, 2.05) is 0 Å². The number of hydrogen-bond donors (Lipinski definition) is 1. The molecule has 0 atom stereocenters. The van der Waals surface area contributed by atoms with Gasteiger partial charge in [0.15, 0.2) is 11.6 Å². The van der Waals surface area contributed by atoms with Crippen LogP contribution in [0.4, 0.5) is 8.78 Å². The van der Waals surface area contributed by atoms with Gasteiger partial charge in [0.1, 0.15) is 11.5 Å².